The molecule has 0 bridgehead atoms. The molecule has 1 atom stereocenters. The van der Waals surface area contributed by atoms with Crippen LogP contribution in [0.15, 0.2) is 0 Å². The van der Waals surface area contributed by atoms with Crippen LogP contribution in [0.2, 0.25) is 0 Å². The second-order valence-electron chi connectivity index (χ2n) is 5.45. The summed E-state index contributed by atoms with van der Waals surface area (Å²) in [5, 5.41) is 13.3. The van der Waals surface area contributed by atoms with Crippen molar-refractivity contribution in [1.29, 1.82) is 0 Å². The van der Waals surface area contributed by atoms with Crippen molar-refractivity contribution in [3.8, 4) is 0 Å². The van der Waals surface area contributed by atoms with Crippen molar-refractivity contribution in [1.82, 2.24) is 10.2 Å². The summed E-state index contributed by atoms with van der Waals surface area (Å²) in [6, 6.07) is 0. The lowest BCUT2D eigenvalue weighted by molar-refractivity contribution is -0.146. The number of nitrogens with zero attached hydrogens (tertiary/aromatic N) is 1. The van der Waals surface area contributed by atoms with Gasteiger partial charge in [0.1, 0.15) is 0 Å². The lowest BCUT2D eigenvalue weighted by atomic mass is 9.81. The first-order valence-electron chi connectivity index (χ1n) is 6.06. The zero-order chi connectivity index (χ0) is 12.3. The zero-order valence-electron chi connectivity index (χ0n) is 10.8. The Balaban J connectivity index is 2.74. The van der Waals surface area contributed by atoms with Crippen molar-refractivity contribution in [3.63, 3.8) is 0 Å². The van der Waals surface area contributed by atoms with Gasteiger partial charge in [-0.15, -0.1) is 0 Å². The Kier molecular flexibility index (Phi) is 4.33. The summed E-state index contributed by atoms with van der Waals surface area (Å²) in [6.07, 6.45) is 0. The van der Waals surface area contributed by atoms with Crippen molar-refractivity contribution < 1.29 is 9.90 Å². The number of nitrogens with one attached hydrogen (secondary N) is 1. The topological polar surface area (TPSA) is 52.6 Å². The highest BCUT2D eigenvalue weighted by Crippen LogP contribution is 2.26. The molecule has 0 radical (unpaired) electrons. The third kappa shape index (κ3) is 3.19. The number of rotatable bonds is 3. The lowest BCUT2D eigenvalue weighted by Gasteiger charge is -2.37. The molecule has 0 aliphatic carbocycles. The van der Waals surface area contributed by atoms with Gasteiger partial charge in [-0.2, -0.15) is 0 Å². The van der Waals surface area contributed by atoms with E-state index in [2.05, 4.69) is 5.32 Å². The van der Waals surface area contributed by atoms with Crippen LogP contribution in [0.3, 0.4) is 0 Å². The number of piperazine rings is 1. The summed E-state index contributed by atoms with van der Waals surface area (Å²) in [5.74, 6) is -0.0722. The van der Waals surface area contributed by atoms with Gasteiger partial charge in [0, 0.05) is 26.2 Å². The third-order valence-electron chi connectivity index (χ3n) is 3.12. The maximum Gasteiger partial charge on any atom is 0.228 e. The average molecular weight is 228 g/mol. The summed E-state index contributed by atoms with van der Waals surface area (Å²) >= 11 is 0. The van der Waals surface area contributed by atoms with E-state index in [0.29, 0.717) is 0 Å². The maximum atomic E-state index is 12.3. The van der Waals surface area contributed by atoms with E-state index >= 15 is 0 Å². The highest BCUT2D eigenvalue weighted by molar-refractivity contribution is 5.80. The van der Waals surface area contributed by atoms with Crippen LogP contribution in [0.1, 0.15) is 27.7 Å². The van der Waals surface area contributed by atoms with Crippen LogP contribution in [0, 0.1) is 11.8 Å². The number of hydrogen-bond acceptors (Lipinski definition) is 3. The second kappa shape index (κ2) is 5.15. The Hall–Kier alpha value is -0.610. The van der Waals surface area contributed by atoms with E-state index in [-0.39, 0.29) is 17.7 Å². The van der Waals surface area contributed by atoms with Gasteiger partial charge in [0.05, 0.1) is 11.5 Å². The fraction of sp³-hybridized carbons (Fsp3) is 0.917. The van der Waals surface area contributed by atoms with Crippen molar-refractivity contribution in [2.75, 3.05) is 26.2 Å². The van der Waals surface area contributed by atoms with Gasteiger partial charge in [-0.3, -0.25) is 4.79 Å². The van der Waals surface area contributed by atoms with E-state index in [0.717, 1.165) is 26.2 Å². The predicted molar refractivity (Wildman–Crippen MR) is 64.1 cm³/mol. The Bertz CT molecular complexity index is 240. The van der Waals surface area contributed by atoms with Gasteiger partial charge in [-0.25, -0.2) is 0 Å². The predicted octanol–water partition coefficient (Wildman–Crippen LogP) is 0.461. The summed E-state index contributed by atoms with van der Waals surface area (Å²) in [7, 11) is 0. The lowest BCUT2D eigenvalue weighted by Crippen LogP contribution is -2.53. The molecule has 1 unspecified atom stereocenters. The average Bonchev–Trinajstić information content (AvgIpc) is 2.16. The van der Waals surface area contributed by atoms with E-state index in [1.165, 1.54) is 0 Å². The standard InChI is InChI=1S/C12H24N2O2/c1-9(2)10(12(3,4)16)11(15)14-7-5-13-6-8-14/h9-10,13,16H,5-8H2,1-4H3. The summed E-state index contributed by atoms with van der Waals surface area (Å²) < 4.78 is 0. The number of carbonyl (C=O) groups is 1. The molecular formula is C12H24N2O2. The van der Waals surface area contributed by atoms with Gasteiger partial charge >= 0.3 is 0 Å². The van der Waals surface area contributed by atoms with E-state index in [1.54, 1.807) is 13.8 Å². The van der Waals surface area contributed by atoms with Crippen molar-refractivity contribution in [2.45, 2.75) is 33.3 Å². The first kappa shape index (κ1) is 13.5. The van der Waals surface area contributed by atoms with Gasteiger partial charge in [0.2, 0.25) is 5.91 Å². The molecule has 16 heavy (non-hydrogen) atoms. The first-order chi connectivity index (χ1) is 7.34. The number of carbonyl (C=O) groups excluding carboxylic acids is 1. The molecule has 0 aromatic rings. The monoisotopic (exact) mass is 228 g/mol. The smallest absolute Gasteiger partial charge is 0.228 e. The van der Waals surface area contributed by atoms with Gasteiger partial charge in [0.15, 0.2) is 0 Å². The summed E-state index contributed by atoms with van der Waals surface area (Å²) in [6.45, 7) is 10.6. The molecule has 1 saturated heterocycles. The van der Waals surface area contributed by atoms with Crippen LogP contribution in [-0.2, 0) is 4.79 Å². The molecule has 1 aliphatic heterocycles. The molecule has 4 nitrogen and oxygen atoms in total. The SMILES string of the molecule is CC(C)C(C(=O)N1CCNCC1)C(C)(C)O. The minimum Gasteiger partial charge on any atom is -0.390 e. The van der Waals surface area contributed by atoms with Crippen LogP contribution in [0.4, 0.5) is 0 Å². The summed E-state index contributed by atoms with van der Waals surface area (Å²) in [5.41, 5.74) is -0.948. The van der Waals surface area contributed by atoms with Gasteiger partial charge < -0.3 is 15.3 Å². The van der Waals surface area contributed by atoms with E-state index in [4.69, 9.17) is 0 Å². The fourth-order valence-electron chi connectivity index (χ4n) is 2.48. The normalized spacial score (nSPS) is 20.0. The quantitative estimate of drug-likeness (QED) is 0.738. The molecule has 0 aromatic carbocycles. The van der Waals surface area contributed by atoms with Gasteiger partial charge in [-0.1, -0.05) is 13.8 Å². The summed E-state index contributed by atoms with van der Waals surface area (Å²) in [4.78, 5) is 14.2. The molecule has 0 spiro atoms. The Labute approximate surface area is 98.0 Å². The highest BCUT2D eigenvalue weighted by atomic mass is 16.3. The van der Waals surface area contributed by atoms with Crippen LogP contribution in [-0.4, -0.2) is 47.7 Å². The second-order valence-corrected chi connectivity index (χ2v) is 5.45. The number of amides is 1. The van der Waals surface area contributed by atoms with Crippen LogP contribution in [0.25, 0.3) is 0 Å². The van der Waals surface area contributed by atoms with Crippen LogP contribution in [0.5, 0.6) is 0 Å². The molecule has 0 aromatic heterocycles. The fourth-order valence-corrected chi connectivity index (χ4v) is 2.48. The number of hydrogen-bond donors (Lipinski definition) is 2. The molecule has 1 aliphatic rings. The molecule has 1 fully saturated rings. The minimum atomic E-state index is -0.948. The molecule has 1 rings (SSSR count). The molecule has 4 heteroatoms. The van der Waals surface area contributed by atoms with E-state index in [1.807, 2.05) is 18.7 Å². The van der Waals surface area contributed by atoms with Crippen LogP contribution >= 0.6 is 0 Å². The molecule has 1 heterocycles. The van der Waals surface area contributed by atoms with Gasteiger partial charge in [-0.05, 0) is 19.8 Å². The Morgan fingerprint density at radius 3 is 2.19 bits per heavy atom. The number of aliphatic hydroxyl groups is 1. The molecule has 94 valence electrons. The Morgan fingerprint density at radius 2 is 1.81 bits per heavy atom. The third-order valence-corrected chi connectivity index (χ3v) is 3.12. The maximum absolute atomic E-state index is 12.3. The Morgan fingerprint density at radius 1 is 1.31 bits per heavy atom. The molecule has 0 saturated carbocycles. The minimum absolute atomic E-state index is 0.0870. The zero-order valence-corrected chi connectivity index (χ0v) is 10.8. The van der Waals surface area contributed by atoms with Crippen molar-refractivity contribution >= 4 is 5.91 Å². The highest BCUT2D eigenvalue weighted by Gasteiger charge is 2.38. The van der Waals surface area contributed by atoms with Crippen molar-refractivity contribution in [2.24, 2.45) is 11.8 Å². The van der Waals surface area contributed by atoms with E-state index in [9.17, 15) is 9.90 Å². The van der Waals surface area contributed by atoms with Crippen LogP contribution < -0.4 is 5.32 Å². The van der Waals surface area contributed by atoms with E-state index < -0.39 is 5.60 Å². The molecule has 2 N–H and O–H groups in total. The first-order valence-corrected chi connectivity index (χ1v) is 6.06. The molecular weight excluding hydrogens is 204 g/mol. The molecule has 1 amide bonds. The van der Waals surface area contributed by atoms with Gasteiger partial charge in [0.25, 0.3) is 0 Å². The van der Waals surface area contributed by atoms with Crippen molar-refractivity contribution in [3.05, 3.63) is 0 Å². The largest absolute Gasteiger partial charge is 0.390 e.